The molecule has 2 atom stereocenters. The van der Waals surface area contributed by atoms with Crippen LogP contribution in [0.4, 0.5) is 4.79 Å². The smallest absolute Gasteiger partial charge is 0.407 e. The zero-order chi connectivity index (χ0) is 24.7. The van der Waals surface area contributed by atoms with E-state index >= 15 is 0 Å². The van der Waals surface area contributed by atoms with Crippen LogP contribution in [0.3, 0.4) is 0 Å². The summed E-state index contributed by atoms with van der Waals surface area (Å²) in [6.45, 7) is 5.82. The summed E-state index contributed by atoms with van der Waals surface area (Å²) >= 11 is 0. The Morgan fingerprint density at radius 3 is 2.09 bits per heavy atom. The van der Waals surface area contributed by atoms with Gasteiger partial charge in [0.1, 0.15) is 12.6 Å². The largest absolute Gasteiger partial charge is 0.481 e. The zero-order valence-corrected chi connectivity index (χ0v) is 20.0. The normalized spacial score (nSPS) is 14.1. The Labute approximate surface area is 200 Å². The summed E-state index contributed by atoms with van der Waals surface area (Å²) in [6, 6.07) is 14.9. The molecule has 3 rings (SSSR count). The maximum absolute atomic E-state index is 12.9. The molecule has 0 fully saturated rings. The molecule has 0 bridgehead atoms. The molecule has 0 aliphatic heterocycles. The van der Waals surface area contributed by atoms with Crippen LogP contribution in [-0.2, 0) is 14.3 Å². The van der Waals surface area contributed by atoms with Crippen molar-refractivity contribution in [2.45, 2.75) is 64.5 Å². The second kappa shape index (κ2) is 11.7. The van der Waals surface area contributed by atoms with Crippen molar-refractivity contribution in [1.29, 1.82) is 0 Å². The second-order valence-electron chi connectivity index (χ2n) is 9.14. The summed E-state index contributed by atoms with van der Waals surface area (Å²) < 4.78 is 5.58. The van der Waals surface area contributed by atoms with Gasteiger partial charge in [-0.3, -0.25) is 9.59 Å². The van der Waals surface area contributed by atoms with Gasteiger partial charge in [0, 0.05) is 12.0 Å². The van der Waals surface area contributed by atoms with Crippen molar-refractivity contribution in [3.8, 4) is 11.1 Å². The van der Waals surface area contributed by atoms with E-state index in [2.05, 4.69) is 22.8 Å². The minimum Gasteiger partial charge on any atom is -0.481 e. The highest BCUT2D eigenvalue weighted by atomic mass is 16.5. The summed E-state index contributed by atoms with van der Waals surface area (Å²) in [5.74, 6) is -1.63. The summed E-state index contributed by atoms with van der Waals surface area (Å²) in [5.41, 5.74) is 4.51. The molecule has 34 heavy (non-hydrogen) atoms. The van der Waals surface area contributed by atoms with Gasteiger partial charge in [0.25, 0.3) is 0 Å². The fourth-order valence-corrected chi connectivity index (χ4v) is 4.48. The summed E-state index contributed by atoms with van der Waals surface area (Å²) in [7, 11) is 0. The Hall–Kier alpha value is -3.35. The van der Waals surface area contributed by atoms with Gasteiger partial charge < -0.3 is 20.5 Å². The highest BCUT2D eigenvalue weighted by Crippen LogP contribution is 2.44. The van der Waals surface area contributed by atoms with Gasteiger partial charge in [0.2, 0.25) is 5.91 Å². The van der Waals surface area contributed by atoms with E-state index in [-0.39, 0.29) is 24.9 Å². The number of fused-ring (bicyclic) bond motifs is 3. The number of carboxylic acid groups (broad SMARTS) is 1. The maximum Gasteiger partial charge on any atom is 0.407 e. The van der Waals surface area contributed by atoms with Crippen molar-refractivity contribution in [3.05, 3.63) is 59.7 Å². The van der Waals surface area contributed by atoms with Crippen molar-refractivity contribution < 1.29 is 24.2 Å². The molecule has 3 N–H and O–H groups in total. The van der Waals surface area contributed by atoms with Crippen molar-refractivity contribution in [3.63, 3.8) is 0 Å². The lowest BCUT2D eigenvalue weighted by Crippen LogP contribution is -2.52. The van der Waals surface area contributed by atoms with Crippen LogP contribution in [0.15, 0.2) is 48.5 Å². The first-order valence-electron chi connectivity index (χ1n) is 12.0. The first-order valence-corrected chi connectivity index (χ1v) is 12.0. The third kappa shape index (κ3) is 6.16. The fourth-order valence-electron chi connectivity index (χ4n) is 4.48. The number of hydrogen-bond acceptors (Lipinski definition) is 4. The highest BCUT2D eigenvalue weighted by molar-refractivity contribution is 5.86. The molecule has 2 amide bonds. The number of alkyl carbamates (subject to hydrolysis) is 1. The molecule has 7 heteroatoms. The minimum atomic E-state index is -0.966. The van der Waals surface area contributed by atoms with Gasteiger partial charge in [-0.1, -0.05) is 82.1 Å². The molecule has 0 unspecified atom stereocenters. The number of benzene rings is 2. The minimum absolute atomic E-state index is 0.0709. The first kappa shape index (κ1) is 25.3. The number of ether oxygens (including phenoxy) is 1. The molecule has 7 nitrogen and oxygen atoms in total. The molecule has 0 spiro atoms. The SMILES string of the molecule is CCCC[C@H](CC(=O)O)NC(=O)[C@H](NC(=O)OCC1c2ccccc2-c2ccccc21)C(C)C. The maximum atomic E-state index is 12.9. The zero-order valence-electron chi connectivity index (χ0n) is 20.0. The van der Waals surface area contributed by atoms with Gasteiger partial charge in [0.05, 0.1) is 6.42 Å². The number of rotatable bonds is 11. The van der Waals surface area contributed by atoms with Crippen LogP contribution in [0.1, 0.15) is 63.5 Å². The Morgan fingerprint density at radius 1 is 0.971 bits per heavy atom. The van der Waals surface area contributed by atoms with Crippen LogP contribution >= 0.6 is 0 Å². The van der Waals surface area contributed by atoms with Gasteiger partial charge >= 0.3 is 12.1 Å². The van der Waals surface area contributed by atoms with E-state index in [1.165, 1.54) is 0 Å². The van der Waals surface area contributed by atoms with E-state index < -0.39 is 30.1 Å². The number of carboxylic acids is 1. The van der Waals surface area contributed by atoms with E-state index in [1.807, 2.05) is 57.2 Å². The molecule has 2 aromatic rings. The Kier molecular flexibility index (Phi) is 8.68. The Bertz CT molecular complexity index is 974. The van der Waals surface area contributed by atoms with Gasteiger partial charge in [-0.15, -0.1) is 0 Å². The molecule has 0 saturated heterocycles. The van der Waals surface area contributed by atoms with Crippen molar-refractivity contribution in [2.75, 3.05) is 6.61 Å². The number of carbonyl (C=O) groups is 3. The predicted molar refractivity (Wildman–Crippen MR) is 131 cm³/mol. The van der Waals surface area contributed by atoms with E-state index in [4.69, 9.17) is 9.84 Å². The molecule has 0 heterocycles. The molecular weight excluding hydrogens is 432 g/mol. The first-order chi connectivity index (χ1) is 16.3. The highest BCUT2D eigenvalue weighted by Gasteiger charge is 2.31. The Balaban J connectivity index is 1.63. The number of unbranched alkanes of at least 4 members (excludes halogenated alkanes) is 1. The molecule has 0 radical (unpaired) electrons. The number of amides is 2. The average Bonchev–Trinajstić information content (AvgIpc) is 3.12. The lowest BCUT2D eigenvalue weighted by molar-refractivity contribution is -0.137. The standard InChI is InChI=1S/C27H34N2O5/c1-4-5-10-18(15-24(30)31)28-26(32)25(17(2)3)29-27(33)34-16-23-21-13-8-6-11-19(21)20-12-7-9-14-22(20)23/h6-9,11-14,17-18,23,25H,4-5,10,15-16H2,1-3H3,(H,28,32)(H,29,33)(H,30,31)/t18-,25-/m1/s1. The van der Waals surface area contributed by atoms with Gasteiger partial charge in [0.15, 0.2) is 0 Å². The van der Waals surface area contributed by atoms with E-state index in [1.54, 1.807) is 0 Å². The van der Waals surface area contributed by atoms with E-state index in [0.29, 0.717) is 6.42 Å². The molecule has 182 valence electrons. The second-order valence-corrected chi connectivity index (χ2v) is 9.14. The fraction of sp³-hybridized carbons (Fsp3) is 0.444. The van der Waals surface area contributed by atoms with Crippen LogP contribution in [0.25, 0.3) is 11.1 Å². The van der Waals surface area contributed by atoms with Crippen LogP contribution in [-0.4, -0.2) is 41.8 Å². The molecule has 1 aliphatic rings. The van der Waals surface area contributed by atoms with Crippen LogP contribution in [0, 0.1) is 5.92 Å². The van der Waals surface area contributed by atoms with E-state index in [9.17, 15) is 14.4 Å². The lowest BCUT2D eigenvalue weighted by Gasteiger charge is -2.25. The topological polar surface area (TPSA) is 105 Å². The van der Waals surface area contributed by atoms with Crippen LogP contribution < -0.4 is 10.6 Å². The summed E-state index contributed by atoms with van der Waals surface area (Å²) in [5, 5.41) is 14.6. The summed E-state index contributed by atoms with van der Waals surface area (Å²) in [6.07, 6.45) is 1.47. The molecule has 1 aliphatic carbocycles. The number of hydrogen-bond donors (Lipinski definition) is 3. The van der Waals surface area contributed by atoms with Gasteiger partial charge in [-0.2, -0.15) is 0 Å². The van der Waals surface area contributed by atoms with Crippen LogP contribution in [0.5, 0.6) is 0 Å². The van der Waals surface area contributed by atoms with Gasteiger partial charge in [-0.25, -0.2) is 4.79 Å². The molecule has 0 aromatic heterocycles. The summed E-state index contributed by atoms with van der Waals surface area (Å²) in [4.78, 5) is 36.7. The number of aliphatic carboxylic acids is 1. The lowest BCUT2D eigenvalue weighted by atomic mass is 9.98. The van der Waals surface area contributed by atoms with Gasteiger partial charge in [-0.05, 0) is 34.6 Å². The van der Waals surface area contributed by atoms with Crippen LogP contribution in [0.2, 0.25) is 0 Å². The Morgan fingerprint density at radius 2 is 1.56 bits per heavy atom. The molecule has 0 saturated carbocycles. The van der Waals surface area contributed by atoms with Crippen molar-refractivity contribution >= 4 is 18.0 Å². The third-order valence-corrected chi connectivity index (χ3v) is 6.24. The monoisotopic (exact) mass is 466 g/mol. The van der Waals surface area contributed by atoms with Crippen molar-refractivity contribution in [2.24, 2.45) is 5.92 Å². The average molecular weight is 467 g/mol. The molecule has 2 aromatic carbocycles. The predicted octanol–water partition coefficient (Wildman–Crippen LogP) is 4.70. The van der Waals surface area contributed by atoms with Crippen molar-refractivity contribution in [1.82, 2.24) is 10.6 Å². The quantitative estimate of drug-likeness (QED) is 0.445. The third-order valence-electron chi connectivity index (χ3n) is 6.24. The number of carbonyl (C=O) groups excluding carboxylic acids is 2. The molecular formula is C27H34N2O5. The number of nitrogens with one attached hydrogen (secondary N) is 2. The van der Waals surface area contributed by atoms with E-state index in [0.717, 1.165) is 35.1 Å².